The van der Waals surface area contributed by atoms with Crippen LogP contribution in [0.3, 0.4) is 0 Å². The molecule has 134 valence electrons. The number of fused-ring (bicyclic) bond motifs is 1. The number of nitrogens with zero attached hydrogens (tertiary/aromatic N) is 3. The Kier molecular flexibility index (Phi) is 4.62. The van der Waals surface area contributed by atoms with Gasteiger partial charge in [0.15, 0.2) is 12.1 Å². The van der Waals surface area contributed by atoms with E-state index >= 15 is 0 Å². The van der Waals surface area contributed by atoms with Gasteiger partial charge >= 0.3 is 0 Å². The molecule has 1 saturated heterocycles. The zero-order chi connectivity index (χ0) is 17.9. The second kappa shape index (κ2) is 7.21. The lowest BCUT2D eigenvalue weighted by Gasteiger charge is -2.15. The maximum Gasteiger partial charge on any atom is 0.178 e. The van der Waals surface area contributed by atoms with Crippen LogP contribution in [0.5, 0.6) is 0 Å². The third kappa shape index (κ3) is 3.30. The molecule has 0 aliphatic carbocycles. The summed E-state index contributed by atoms with van der Waals surface area (Å²) in [4.78, 5) is 25.9. The van der Waals surface area contributed by atoms with Crippen molar-refractivity contribution in [3.05, 3.63) is 41.8 Å². The largest absolute Gasteiger partial charge is 0.369 e. The van der Waals surface area contributed by atoms with Gasteiger partial charge in [0.1, 0.15) is 11.6 Å². The fourth-order valence-electron chi connectivity index (χ4n) is 3.41. The first kappa shape index (κ1) is 16.7. The smallest absolute Gasteiger partial charge is 0.178 e. The van der Waals surface area contributed by atoms with Crippen LogP contribution in [0.15, 0.2) is 30.5 Å². The third-order valence-electron chi connectivity index (χ3n) is 4.73. The molecule has 0 radical (unpaired) electrons. The van der Waals surface area contributed by atoms with Gasteiger partial charge in [-0.2, -0.15) is 0 Å². The number of rotatable bonds is 6. The van der Waals surface area contributed by atoms with Crippen LogP contribution in [0.2, 0.25) is 0 Å². The van der Waals surface area contributed by atoms with Crippen molar-refractivity contribution >= 4 is 23.0 Å². The summed E-state index contributed by atoms with van der Waals surface area (Å²) < 4.78 is 13.5. The van der Waals surface area contributed by atoms with E-state index in [2.05, 4.69) is 25.2 Å². The number of aromatic amines is 1. The van der Waals surface area contributed by atoms with Gasteiger partial charge in [0.05, 0.1) is 11.3 Å². The summed E-state index contributed by atoms with van der Waals surface area (Å²) in [5, 5.41) is 3.84. The number of H-pyrrole nitrogens is 1. The van der Waals surface area contributed by atoms with Gasteiger partial charge in [-0.15, -0.1) is 0 Å². The van der Waals surface area contributed by atoms with E-state index in [0.717, 1.165) is 26.2 Å². The fraction of sp³-hybridized carbons (Fsp3) is 0.316. The number of likely N-dealkylation sites (tertiary alicyclic amines) is 1. The second-order valence-electron chi connectivity index (χ2n) is 6.46. The molecule has 6 nitrogen and oxygen atoms in total. The predicted molar refractivity (Wildman–Crippen MR) is 98.8 cm³/mol. The molecule has 2 N–H and O–H groups in total. The highest BCUT2D eigenvalue weighted by Gasteiger charge is 2.16. The number of anilines is 1. The topological polar surface area (TPSA) is 73.9 Å². The van der Waals surface area contributed by atoms with Gasteiger partial charge in [-0.05, 0) is 50.2 Å². The first-order valence-electron chi connectivity index (χ1n) is 8.80. The van der Waals surface area contributed by atoms with Gasteiger partial charge in [-0.1, -0.05) is 0 Å². The molecule has 1 aliphatic rings. The number of hydrogen-bond donors (Lipinski definition) is 2. The number of carbonyl (C=O) groups is 1. The first-order valence-corrected chi connectivity index (χ1v) is 8.80. The van der Waals surface area contributed by atoms with E-state index in [4.69, 9.17) is 0 Å². The molecule has 0 amide bonds. The zero-order valence-corrected chi connectivity index (χ0v) is 14.3. The van der Waals surface area contributed by atoms with Crippen molar-refractivity contribution in [1.29, 1.82) is 0 Å². The predicted octanol–water partition coefficient (Wildman–Crippen LogP) is 3.08. The van der Waals surface area contributed by atoms with E-state index in [-0.39, 0.29) is 5.82 Å². The van der Waals surface area contributed by atoms with Gasteiger partial charge in [-0.3, -0.25) is 4.79 Å². The Balaban J connectivity index is 1.57. The van der Waals surface area contributed by atoms with Gasteiger partial charge < -0.3 is 15.2 Å². The minimum atomic E-state index is -0.385. The van der Waals surface area contributed by atoms with E-state index in [1.807, 2.05) is 0 Å². The van der Waals surface area contributed by atoms with E-state index in [0.29, 0.717) is 40.1 Å². The summed E-state index contributed by atoms with van der Waals surface area (Å²) in [6.07, 6.45) is 4.91. The van der Waals surface area contributed by atoms with Crippen LogP contribution in [0.4, 0.5) is 10.2 Å². The summed E-state index contributed by atoms with van der Waals surface area (Å²) in [6, 6.07) is 6.11. The summed E-state index contributed by atoms with van der Waals surface area (Å²) >= 11 is 0. The molecule has 1 aromatic carbocycles. The second-order valence-corrected chi connectivity index (χ2v) is 6.46. The molecule has 3 aromatic rings. The Morgan fingerprint density at radius 3 is 2.92 bits per heavy atom. The monoisotopic (exact) mass is 353 g/mol. The summed E-state index contributed by atoms with van der Waals surface area (Å²) in [5.41, 5.74) is 1.55. The minimum absolute atomic E-state index is 0.369. The van der Waals surface area contributed by atoms with Crippen LogP contribution >= 0.6 is 0 Å². The lowest BCUT2D eigenvalue weighted by molar-refractivity contribution is 0.112. The highest BCUT2D eigenvalue weighted by molar-refractivity contribution is 6.03. The quantitative estimate of drug-likeness (QED) is 0.666. The maximum absolute atomic E-state index is 13.5. The molecule has 0 spiro atoms. The maximum atomic E-state index is 13.5. The van der Waals surface area contributed by atoms with Crippen molar-refractivity contribution < 1.29 is 9.18 Å². The van der Waals surface area contributed by atoms with Crippen molar-refractivity contribution in [3.63, 3.8) is 0 Å². The number of aldehydes is 1. The number of benzene rings is 1. The molecule has 4 rings (SSSR count). The van der Waals surface area contributed by atoms with Crippen LogP contribution in [0.25, 0.3) is 22.4 Å². The zero-order valence-electron chi connectivity index (χ0n) is 14.3. The lowest BCUT2D eigenvalue weighted by atomic mass is 10.1. The molecule has 0 atom stereocenters. The molecule has 0 saturated carbocycles. The highest BCUT2D eigenvalue weighted by Crippen LogP contribution is 2.28. The van der Waals surface area contributed by atoms with E-state index in [9.17, 15) is 9.18 Å². The number of aromatic nitrogens is 3. The third-order valence-corrected chi connectivity index (χ3v) is 4.73. The number of hydrogen-bond acceptors (Lipinski definition) is 5. The lowest BCUT2D eigenvalue weighted by Crippen LogP contribution is -2.26. The van der Waals surface area contributed by atoms with Crippen molar-refractivity contribution in [2.45, 2.75) is 12.8 Å². The molecule has 1 fully saturated rings. The Labute approximate surface area is 150 Å². The SMILES string of the molecule is O=Cc1c(-c2nccc(NCCN3CCCC3)n2)[nH]c2ccc(F)cc12. The fourth-order valence-corrected chi connectivity index (χ4v) is 3.41. The molecule has 0 bridgehead atoms. The van der Waals surface area contributed by atoms with Crippen LogP contribution in [-0.2, 0) is 0 Å². The molecule has 3 heterocycles. The molecule has 7 heteroatoms. The number of carbonyl (C=O) groups excluding carboxylic acids is 1. The first-order chi connectivity index (χ1) is 12.7. The Bertz CT molecular complexity index is 933. The number of halogens is 1. The van der Waals surface area contributed by atoms with Crippen molar-refractivity contribution in [2.24, 2.45) is 0 Å². The summed E-state index contributed by atoms with van der Waals surface area (Å²) in [6.45, 7) is 4.09. The molecule has 26 heavy (non-hydrogen) atoms. The Morgan fingerprint density at radius 2 is 2.12 bits per heavy atom. The summed E-state index contributed by atoms with van der Waals surface area (Å²) in [5.74, 6) is 0.732. The molecular formula is C19H20FN5O. The molecule has 1 aliphatic heterocycles. The number of nitrogens with one attached hydrogen (secondary N) is 2. The Morgan fingerprint density at radius 1 is 1.27 bits per heavy atom. The molecule has 0 unspecified atom stereocenters. The van der Waals surface area contributed by atoms with Crippen LogP contribution < -0.4 is 5.32 Å². The van der Waals surface area contributed by atoms with E-state index in [1.54, 1.807) is 18.3 Å². The van der Waals surface area contributed by atoms with Crippen LogP contribution in [0, 0.1) is 5.82 Å². The van der Waals surface area contributed by atoms with Gasteiger partial charge in [-0.25, -0.2) is 14.4 Å². The van der Waals surface area contributed by atoms with Crippen molar-refractivity contribution in [1.82, 2.24) is 19.9 Å². The highest BCUT2D eigenvalue weighted by atomic mass is 19.1. The summed E-state index contributed by atoms with van der Waals surface area (Å²) in [7, 11) is 0. The molecule has 2 aromatic heterocycles. The van der Waals surface area contributed by atoms with Crippen LogP contribution in [-0.4, -0.2) is 52.3 Å². The average molecular weight is 353 g/mol. The van der Waals surface area contributed by atoms with Crippen molar-refractivity contribution in [3.8, 4) is 11.5 Å². The molecular weight excluding hydrogens is 333 g/mol. The van der Waals surface area contributed by atoms with E-state index in [1.165, 1.54) is 25.0 Å². The van der Waals surface area contributed by atoms with E-state index < -0.39 is 0 Å². The standard InChI is InChI=1S/C19H20FN5O/c20-13-3-4-16-14(11-13)15(12-26)18(23-16)19-22-6-5-17(24-19)21-7-10-25-8-1-2-9-25/h3-6,11-12,23H,1-2,7-10H2,(H,21,22,24). The normalized spacial score (nSPS) is 14.8. The average Bonchev–Trinajstić information content (AvgIpc) is 3.29. The Hall–Kier alpha value is -2.80. The van der Waals surface area contributed by atoms with Gasteiger partial charge in [0.2, 0.25) is 0 Å². The minimum Gasteiger partial charge on any atom is -0.369 e. The van der Waals surface area contributed by atoms with Crippen molar-refractivity contribution in [2.75, 3.05) is 31.5 Å². The van der Waals surface area contributed by atoms with Gasteiger partial charge in [0.25, 0.3) is 0 Å². The van der Waals surface area contributed by atoms with Crippen LogP contribution in [0.1, 0.15) is 23.2 Å². The van der Waals surface area contributed by atoms with Gasteiger partial charge in [0, 0.05) is 30.2 Å².